The first-order chi connectivity index (χ1) is 13.6. The maximum absolute atomic E-state index is 13.3. The van der Waals surface area contributed by atoms with Crippen molar-refractivity contribution in [2.24, 2.45) is 7.05 Å². The van der Waals surface area contributed by atoms with E-state index in [1.807, 2.05) is 36.8 Å². The summed E-state index contributed by atoms with van der Waals surface area (Å²) in [6.45, 7) is 1.28. The molecule has 3 aromatic rings. The molecule has 28 heavy (non-hydrogen) atoms. The number of hydrogen-bond acceptors (Lipinski definition) is 3. The van der Waals surface area contributed by atoms with Gasteiger partial charge in [-0.1, -0.05) is 18.2 Å². The fraction of sp³-hybridized carbons (Fsp3) is 0.318. The molecule has 3 heterocycles. The van der Waals surface area contributed by atoms with Gasteiger partial charge in [0.25, 0.3) is 0 Å². The molecule has 0 saturated carbocycles. The molecule has 1 aliphatic heterocycles. The molecule has 2 atom stereocenters. The number of aryl methyl sites for hydroxylation is 1. The Hall–Kier alpha value is -2.44. The molecule has 1 fully saturated rings. The predicted octanol–water partition coefficient (Wildman–Crippen LogP) is 4.27. The van der Waals surface area contributed by atoms with E-state index < -0.39 is 0 Å². The number of carbonyl (C=O) groups is 1. The van der Waals surface area contributed by atoms with Crippen LogP contribution in [-0.2, 0) is 11.8 Å². The van der Waals surface area contributed by atoms with Crippen molar-refractivity contribution in [3.63, 3.8) is 0 Å². The average Bonchev–Trinajstić information content (AvgIpc) is 3.42. The third kappa shape index (κ3) is 4.03. The molecule has 1 aromatic carbocycles. The summed E-state index contributed by atoms with van der Waals surface area (Å²) in [6, 6.07) is 14.5. The minimum absolute atomic E-state index is 0.0103. The second-order valence-corrected chi connectivity index (χ2v) is 8.22. The maximum Gasteiger partial charge on any atom is 0.234 e. The Labute approximate surface area is 168 Å². The fourth-order valence-corrected chi connectivity index (χ4v) is 4.79. The van der Waals surface area contributed by atoms with Crippen LogP contribution in [-0.4, -0.2) is 28.5 Å². The number of amides is 1. The van der Waals surface area contributed by atoms with Crippen molar-refractivity contribution in [3.8, 4) is 0 Å². The molecular weight excluding hydrogens is 373 g/mol. The molecule has 0 bridgehead atoms. The lowest BCUT2D eigenvalue weighted by Gasteiger charge is -2.26. The Bertz CT molecular complexity index is 920. The number of thiophene rings is 1. The molecule has 1 amide bonds. The third-order valence-corrected chi connectivity index (χ3v) is 6.31. The molecule has 1 saturated heterocycles. The number of likely N-dealkylation sites (tertiary alicyclic amines) is 1. The predicted molar refractivity (Wildman–Crippen MR) is 110 cm³/mol. The summed E-state index contributed by atoms with van der Waals surface area (Å²) in [5, 5.41) is 5.15. The lowest BCUT2D eigenvalue weighted by molar-refractivity contribution is -0.123. The molecule has 4 rings (SSSR count). The summed E-state index contributed by atoms with van der Waals surface area (Å²) in [6.07, 6.45) is 4.21. The molecule has 0 unspecified atom stereocenters. The summed E-state index contributed by atoms with van der Waals surface area (Å²) in [5.74, 6) is -0.286. The van der Waals surface area contributed by atoms with Gasteiger partial charge in [0.1, 0.15) is 5.82 Å². The van der Waals surface area contributed by atoms with E-state index in [0.29, 0.717) is 6.54 Å². The largest absolute Gasteiger partial charge is 0.353 e. The van der Waals surface area contributed by atoms with E-state index in [1.54, 1.807) is 23.5 Å². The number of benzene rings is 1. The molecule has 1 N–H and O–H groups in total. The molecule has 0 spiro atoms. The van der Waals surface area contributed by atoms with Gasteiger partial charge in [0.05, 0.1) is 18.6 Å². The smallest absolute Gasteiger partial charge is 0.234 e. The van der Waals surface area contributed by atoms with Crippen LogP contribution in [0.25, 0.3) is 0 Å². The lowest BCUT2D eigenvalue weighted by Crippen LogP contribution is -2.39. The van der Waals surface area contributed by atoms with E-state index >= 15 is 0 Å². The highest BCUT2D eigenvalue weighted by atomic mass is 32.1. The Balaban J connectivity index is 1.49. The van der Waals surface area contributed by atoms with Crippen molar-refractivity contribution < 1.29 is 9.18 Å². The van der Waals surface area contributed by atoms with Crippen LogP contribution in [0.2, 0.25) is 0 Å². The van der Waals surface area contributed by atoms with E-state index in [2.05, 4.69) is 20.9 Å². The molecule has 4 nitrogen and oxygen atoms in total. The topological polar surface area (TPSA) is 37.3 Å². The Kier molecular flexibility index (Phi) is 5.59. The summed E-state index contributed by atoms with van der Waals surface area (Å²) in [4.78, 5) is 16.2. The molecule has 146 valence electrons. The van der Waals surface area contributed by atoms with Crippen LogP contribution >= 0.6 is 11.3 Å². The fourth-order valence-electron chi connectivity index (χ4n) is 3.99. The monoisotopic (exact) mass is 397 g/mol. The number of rotatable bonds is 6. The van der Waals surface area contributed by atoms with Crippen molar-refractivity contribution in [3.05, 3.63) is 82.1 Å². The van der Waals surface area contributed by atoms with Crippen LogP contribution in [0, 0.1) is 5.82 Å². The normalized spacial score (nSPS) is 18.3. The summed E-state index contributed by atoms with van der Waals surface area (Å²) in [5.41, 5.74) is 2.14. The van der Waals surface area contributed by atoms with Gasteiger partial charge in [-0.2, -0.15) is 0 Å². The summed E-state index contributed by atoms with van der Waals surface area (Å²) < 4.78 is 15.5. The highest BCUT2D eigenvalue weighted by molar-refractivity contribution is 7.10. The second-order valence-electron chi connectivity index (χ2n) is 7.24. The SMILES string of the molecule is Cn1cccc1[C@@H]1CCCN1CC(=O)N[C@@H](c1ccc(F)cc1)c1cccs1. The third-order valence-electron chi connectivity index (χ3n) is 5.37. The first kappa shape index (κ1) is 18.9. The lowest BCUT2D eigenvalue weighted by atomic mass is 10.1. The maximum atomic E-state index is 13.3. The molecule has 0 radical (unpaired) electrons. The van der Waals surface area contributed by atoms with Gasteiger partial charge in [-0.05, 0) is 60.7 Å². The quantitative estimate of drug-likeness (QED) is 0.675. The summed E-state index contributed by atoms with van der Waals surface area (Å²) >= 11 is 1.59. The van der Waals surface area contributed by atoms with E-state index in [4.69, 9.17) is 0 Å². The van der Waals surface area contributed by atoms with Crippen molar-refractivity contribution in [1.82, 2.24) is 14.8 Å². The van der Waals surface area contributed by atoms with E-state index in [0.717, 1.165) is 29.8 Å². The van der Waals surface area contributed by atoms with Crippen LogP contribution in [0.4, 0.5) is 4.39 Å². The molecule has 6 heteroatoms. The zero-order valence-corrected chi connectivity index (χ0v) is 16.7. The van der Waals surface area contributed by atoms with E-state index in [9.17, 15) is 9.18 Å². The van der Waals surface area contributed by atoms with Crippen molar-refractivity contribution in [2.75, 3.05) is 13.1 Å². The van der Waals surface area contributed by atoms with Gasteiger partial charge in [0.2, 0.25) is 5.91 Å². The van der Waals surface area contributed by atoms with Gasteiger partial charge in [-0.3, -0.25) is 9.69 Å². The zero-order valence-electron chi connectivity index (χ0n) is 15.8. The second kappa shape index (κ2) is 8.29. The minimum Gasteiger partial charge on any atom is -0.353 e. The van der Waals surface area contributed by atoms with Crippen molar-refractivity contribution in [1.29, 1.82) is 0 Å². The van der Waals surface area contributed by atoms with Gasteiger partial charge in [-0.25, -0.2) is 4.39 Å². The van der Waals surface area contributed by atoms with Crippen LogP contribution in [0.3, 0.4) is 0 Å². The van der Waals surface area contributed by atoms with E-state index in [1.165, 1.54) is 17.8 Å². The summed E-state index contributed by atoms with van der Waals surface area (Å²) in [7, 11) is 2.05. The first-order valence-corrected chi connectivity index (χ1v) is 10.4. The highest BCUT2D eigenvalue weighted by Crippen LogP contribution is 2.32. The van der Waals surface area contributed by atoms with Crippen molar-refractivity contribution >= 4 is 17.2 Å². The number of halogens is 1. The van der Waals surface area contributed by atoms with Gasteiger partial charge >= 0.3 is 0 Å². The van der Waals surface area contributed by atoms with Crippen LogP contribution in [0.15, 0.2) is 60.1 Å². The molecule has 2 aromatic heterocycles. The number of nitrogens with one attached hydrogen (secondary N) is 1. The van der Waals surface area contributed by atoms with Crippen LogP contribution in [0.1, 0.15) is 41.1 Å². The minimum atomic E-state index is -0.275. The van der Waals surface area contributed by atoms with Gasteiger partial charge in [0, 0.05) is 23.8 Å². The number of nitrogens with zero attached hydrogens (tertiary/aromatic N) is 2. The molecule has 1 aliphatic rings. The standard InChI is InChI=1S/C22H24FN3OS/c1-25-12-2-5-18(25)19-6-3-13-26(19)15-21(27)24-22(20-7-4-14-28-20)16-8-10-17(23)11-9-16/h2,4-5,7-12,14,19,22H,3,6,13,15H2,1H3,(H,24,27)/t19-,22-/m0/s1. The first-order valence-electron chi connectivity index (χ1n) is 9.55. The van der Waals surface area contributed by atoms with E-state index in [-0.39, 0.29) is 23.8 Å². The molecular formula is C22H24FN3OS. The number of hydrogen-bond donors (Lipinski definition) is 1. The van der Waals surface area contributed by atoms with Gasteiger partial charge in [0.15, 0.2) is 0 Å². The average molecular weight is 398 g/mol. The van der Waals surface area contributed by atoms with Gasteiger partial charge in [-0.15, -0.1) is 11.3 Å². The number of carbonyl (C=O) groups excluding carboxylic acids is 1. The Morgan fingerprint density at radius 3 is 2.75 bits per heavy atom. The number of aromatic nitrogens is 1. The Morgan fingerprint density at radius 2 is 2.07 bits per heavy atom. The zero-order chi connectivity index (χ0) is 19.5. The van der Waals surface area contributed by atoms with Crippen LogP contribution < -0.4 is 5.32 Å². The van der Waals surface area contributed by atoms with Gasteiger partial charge < -0.3 is 9.88 Å². The van der Waals surface area contributed by atoms with Crippen LogP contribution in [0.5, 0.6) is 0 Å². The molecule has 0 aliphatic carbocycles. The van der Waals surface area contributed by atoms with Crippen molar-refractivity contribution in [2.45, 2.75) is 24.9 Å². The highest BCUT2D eigenvalue weighted by Gasteiger charge is 2.29. The Morgan fingerprint density at radius 1 is 1.25 bits per heavy atom.